The molecule has 0 aromatic carbocycles. The fourth-order valence-corrected chi connectivity index (χ4v) is 4.77. The van der Waals surface area contributed by atoms with Gasteiger partial charge in [0.15, 0.2) is 0 Å². The Hall–Kier alpha value is -1.17. The second-order valence-electron chi connectivity index (χ2n) is 7.49. The van der Waals surface area contributed by atoms with E-state index in [0.717, 1.165) is 36.7 Å². The molecule has 4 rings (SSSR count). The number of anilines is 1. The van der Waals surface area contributed by atoms with E-state index in [-0.39, 0.29) is 0 Å². The van der Waals surface area contributed by atoms with Crippen LogP contribution in [0.5, 0.6) is 0 Å². The Balaban J connectivity index is 1.32. The van der Waals surface area contributed by atoms with Crippen LogP contribution in [0.4, 0.5) is 5.82 Å². The maximum absolute atomic E-state index is 4.40. The van der Waals surface area contributed by atoms with Crippen LogP contribution in [0.1, 0.15) is 25.7 Å². The van der Waals surface area contributed by atoms with Crippen molar-refractivity contribution < 1.29 is 0 Å². The van der Waals surface area contributed by atoms with Crippen molar-refractivity contribution in [2.45, 2.75) is 31.7 Å². The molecule has 23 heavy (non-hydrogen) atoms. The lowest BCUT2D eigenvalue weighted by Crippen LogP contribution is -2.39. The molecule has 3 fully saturated rings. The molecule has 2 aliphatic heterocycles. The van der Waals surface area contributed by atoms with Crippen LogP contribution in [0.3, 0.4) is 0 Å². The van der Waals surface area contributed by atoms with E-state index in [1.165, 1.54) is 45.3 Å². The Morgan fingerprint density at radius 3 is 3.04 bits per heavy atom. The summed E-state index contributed by atoms with van der Waals surface area (Å²) in [7, 11) is 0. The Kier molecular flexibility index (Phi) is 4.78. The molecule has 0 radical (unpaired) electrons. The van der Waals surface area contributed by atoms with Crippen molar-refractivity contribution in [1.29, 1.82) is 0 Å². The first-order chi connectivity index (χ1) is 11.4. The first kappa shape index (κ1) is 15.4. The van der Waals surface area contributed by atoms with Crippen molar-refractivity contribution in [2.24, 2.45) is 17.8 Å². The first-order valence-corrected chi connectivity index (χ1v) is 9.24. The standard InChI is InChI=1S/C18H29N5/c1-2-8-19-18(6-1)20-10-14-4-3-5-15-11-23(13-17(14)15)12-16-7-9-21-22-16/h1-2,6,8,14-17,21-22H,3-5,7,9-13H2,(H,19,20)/t14-,15+,16?,17+/m1/s1. The lowest BCUT2D eigenvalue weighted by Gasteiger charge is -2.33. The Morgan fingerprint density at radius 1 is 1.22 bits per heavy atom. The number of aromatic nitrogens is 1. The number of likely N-dealkylation sites (tertiary alicyclic amines) is 1. The van der Waals surface area contributed by atoms with Crippen molar-refractivity contribution in [3.8, 4) is 0 Å². The van der Waals surface area contributed by atoms with Gasteiger partial charge in [0.2, 0.25) is 0 Å². The van der Waals surface area contributed by atoms with E-state index in [1.54, 1.807) is 0 Å². The second-order valence-corrected chi connectivity index (χ2v) is 7.49. The number of pyridine rings is 1. The molecule has 2 saturated heterocycles. The highest BCUT2D eigenvalue weighted by Crippen LogP contribution is 2.40. The van der Waals surface area contributed by atoms with Gasteiger partial charge in [0, 0.05) is 45.0 Å². The summed E-state index contributed by atoms with van der Waals surface area (Å²) < 4.78 is 0. The fraction of sp³-hybridized carbons (Fsp3) is 0.722. The summed E-state index contributed by atoms with van der Waals surface area (Å²) in [6.07, 6.45) is 7.32. The topological polar surface area (TPSA) is 52.2 Å². The van der Waals surface area contributed by atoms with E-state index in [0.29, 0.717) is 6.04 Å². The third-order valence-electron chi connectivity index (χ3n) is 5.94. The van der Waals surface area contributed by atoms with Crippen LogP contribution < -0.4 is 16.2 Å². The number of rotatable bonds is 5. The molecule has 1 aliphatic carbocycles. The number of hydrazine groups is 1. The molecule has 0 bridgehead atoms. The van der Waals surface area contributed by atoms with Crippen LogP contribution in [-0.4, -0.2) is 48.6 Å². The van der Waals surface area contributed by atoms with Gasteiger partial charge < -0.3 is 10.2 Å². The predicted molar refractivity (Wildman–Crippen MR) is 93.0 cm³/mol. The fourth-order valence-electron chi connectivity index (χ4n) is 4.77. The largest absolute Gasteiger partial charge is 0.370 e. The minimum Gasteiger partial charge on any atom is -0.370 e. The molecule has 3 aliphatic rings. The number of hydrogen-bond acceptors (Lipinski definition) is 5. The average molecular weight is 315 g/mol. The zero-order valence-electron chi connectivity index (χ0n) is 13.9. The molecule has 0 amide bonds. The maximum atomic E-state index is 4.40. The number of nitrogens with zero attached hydrogens (tertiary/aromatic N) is 2. The van der Waals surface area contributed by atoms with Crippen LogP contribution in [0.15, 0.2) is 24.4 Å². The molecule has 3 N–H and O–H groups in total. The molecule has 126 valence electrons. The summed E-state index contributed by atoms with van der Waals surface area (Å²) in [4.78, 5) is 7.10. The van der Waals surface area contributed by atoms with Gasteiger partial charge in [0.25, 0.3) is 0 Å². The van der Waals surface area contributed by atoms with E-state index in [9.17, 15) is 0 Å². The van der Waals surface area contributed by atoms with Gasteiger partial charge in [-0.15, -0.1) is 0 Å². The smallest absolute Gasteiger partial charge is 0.125 e. The van der Waals surface area contributed by atoms with Gasteiger partial charge in [0.1, 0.15) is 5.82 Å². The van der Waals surface area contributed by atoms with Crippen molar-refractivity contribution in [3.05, 3.63) is 24.4 Å². The second kappa shape index (κ2) is 7.16. The van der Waals surface area contributed by atoms with Gasteiger partial charge in [-0.1, -0.05) is 12.5 Å². The van der Waals surface area contributed by atoms with Crippen LogP contribution in [0.25, 0.3) is 0 Å². The zero-order valence-corrected chi connectivity index (χ0v) is 13.9. The Morgan fingerprint density at radius 2 is 2.22 bits per heavy atom. The van der Waals surface area contributed by atoms with Gasteiger partial charge in [0.05, 0.1) is 0 Å². The van der Waals surface area contributed by atoms with Crippen LogP contribution >= 0.6 is 0 Å². The minimum absolute atomic E-state index is 0.639. The SMILES string of the molecule is c1ccc(NC[C@H]2CCC[C@H]3CN(CC4CCNN4)C[C@@H]23)nc1. The van der Waals surface area contributed by atoms with E-state index >= 15 is 0 Å². The molecule has 5 heteroatoms. The number of hydrogen-bond donors (Lipinski definition) is 3. The molecule has 1 saturated carbocycles. The minimum atomic E-state index is 0.639. The van der Waals surface area contributed by atoms with Gasteiger partial charge >= 0.3 is 0 Å². The summed E-state index contributed by atoms with van der Waals surface area (Å²) in [5.41, 5.74) is 6.67. The van der Waals surface area contributed by atoms with E-state index < -0.39 is 0 Å². The van der Waals surface area contributed by atoms with Crippen molar-refractivity contribution >= 4 is 5.82 Å². The molecule has 0 spiro atoms. The number of nitrogens with one attached hydrogen (secondary N) is 3. The van der Waals surface area contributed by atoms with Crippen molar-refractivity contribution in [1.82, 2.24) is 20.7 Å². The molecule has 3 heterocycles. The first-order valence-electron chi connectivity index (χ1n) is 9.24. The van der Waals surface area contributed by atoms with E-state index in [4.69, 9.17) is 0 Å². The predicted octanol–water partition coefficient (Wildman–Crippen LogP) is 1.71. The maximum Gasteiger partial charge on any atom is 0.125 e. The number of fused-ring (bicyclic) bond motifs is 1. The van der Waals surface area contributed by atoms with E-state index in [1.807, 2.05) is 12.3 Å². The summed E-state index contributed by atoms with van der Waals surface area (Å²) >= 11 is 0. The molecule has 4 atom stereocenters. The van der Waals surface area contributed by atoms with Crippen molar-refractivity contribution in [2.75, 3.05) is 38.0 Å². The summed E-state index contributed by atoms with van der Waals surface area (Å²) in [6, 6.07) is 6.74. The summed E-state index contributed by atoms with van der Waals surface area (Å²) in [5.74, 6) is 3.60. The monoisotopic (exact) mass is 315 g/mol. The highest BCUT2D eigenvalue weighted by molar-refractivity contribution is 5.33. The third kappa shape index (κ3) is 3.67. The van der Waals surface area contributed by atoms with Gasteiger partial charge in [-0.3, -0.25) is 10.9 Å². The Bertz CT molecular complexity index is 487. The highest BCUT2D eigenvalue weighted by atomic mass is 15.4. The lowest BCUT2D eigenvalue weighted by atomic mass is 9.74. The molecular formula is C18H29N5. The van der Waals surface area contributed by atoms with Crippen LogP contribution in [0, 0.1) is 17.8 Å². The van der Waals surface area contributed by atoms with Crippen LogP contribution in [0.2, 0.25) is 0 Å². The molecule has 1 aromatic heterocycles. The zero-order chi connectivity index (χ0) is 15.5. The summed E-state index contributed by atoms with van der Waals surface area (Å²) in [5, 5.41) is 3.56. The van der Waals surface area contributed by atoms with Gasteiger partial charge in [-0.25, -0.2) is 4.98 Å². The Labute approximate surface area is 139 Å². The average Bonchev–Trinajstić information content (AvgIpc) is 3.23. The molecule has 1 unspecified atom stereocenters. The molecular weight excluding hydrogens is 286 g/mol. The lowest BCUT2D eigenvalue weighted by molar-refractivity contribution is 0.207. The van der Waals surface area contributed by atoms with Gasteiger partial charge in [-0.2, -0.15) is 0 Å². The molecule has 5 nitrogen and oxygen atoms in total. The van der Waals surface area contributed by atoms with Crippen molar-refractivity contribution in [3.63, 3.8) is 0 Å². The van der Waals surface area contributed by atoms with Crippen LogP contribution in [-0.2, 0) is 0 Å². The normalized spacial score (nSPS) is 34.4. The molecule has 1 aromatic rings. The third-order valence-corrected chi connectivity index (χ3v) is 5.94. The van der Waals surface area contributed by atoms with Gasteiger partial charge in [-0.05, 0) is 49.1 Å². The van der Waals surface area contributed by atoms with E-state index in [2.05, 4.69) is 38.2 Å². The summed E-state index contributed by atoms with van der Waals surface area (Å²) in [6.45, 7) is 6.00. The quantitative estimate of drug-likeness (QED) is 0.772. The highest BCUT2D eigenvalue weighted by Gasteiger charge is 2.40.